The molecule has 3 rings (SSSR count). The van der Waals surface area contributed by atoms with Crippen LogP contribution < -0.4 is 4.74 Å². The number of nitrogens with zero attached hydrogens (tertiary/aromatic N) is 2. The van der Waals surface area contributed by atoms with E-state index in [4.69, 9.17) is 29.8 Å². The molecule has 7 heteroatoms. The quantitative estimate of drug-likeness (QED) is 0.616. The zero-order chi connectivity index (χ0) is 18.9. The first-order chi connectivity index (χ1) is 12.5. The first kappa shape index (κ1) is 18.8. The molecule has 0 fully saturated rings. The summed E-state index contributed by atoms with van der Waals surface area (Å²) in [5.41, 5.74) is 3.42. The molecule has 0 unspecified atom stereocenters. The number of hydrogen-bond donors (Lipinski definition) is 2. The zero-order valence-electron chi connectivity index (χ0n) is 14.0. The number of rotatable bonds is 5. The molecule has 0 spiro atoms. The number of carboxylic acids is 2. The second kappa shape index (κ2) is 9.08. The number of carboxylic acid groups (broad SMARTS) is 2. The Hall–Kier alpha value is -3.53. The Bertz CT molecular complexity index is 788. The third-order valence-corrected chi connectivity index (χ3v) is 3.66. The van der Waals surface area contributed by atoms with E-state index in [1.807, 2.05) is 12.1 Å². The van der Waals surface area contributed by atoms with Crippen LogP contribution in [0.5, 0.6) is 5.75 Å². The van der Waals surface area contributed by atoms with Gasteiger partial charge in [-0.15, -0.1) is 0 Å². The third kappa shape index (κ3) is 5.53. The van der Waals surface area contributed by atoms with Gasteiger partial charge in [0.25, 0.3) is 0 Å². The third-order valence-electron chi connectivity index (χ3n) is 3.66. The van der Waals surface area contributed by atoms with E-state index in [2.05, 4.69) is 35.4 Å². The summed E-state index contributed by atoms with van der Waals surface area (Å²) >= 11 is 0. The van der Waals surface area contributed by atoms with Crippen molar-refractivity contribution in [3.63, 3.8) is 0 Å². The molecular formula is C19H18N2O5. The maximum absolute atomic E-state index is 9.10. The second-order valence-electron chi connectivity index (χ2n) is 5.55. The van der Waals surface area contributed by atoms with Gasteiger partial charge in [0.05, 0.1) is 18.2 Å². The van der Waals surface area contributed by atoms with Gasteiger partial charge in [0.2, 0.25) is 0 Å². The Labute approximate surface area is 150 Å². The van der Waals surface area contributed by atoms with E-state index in [-0.39, 0.29) is 0 Å². The first-order valence-electron chi connectivity index (χ1n) is 7.92. The molecule has 0 radical (unpaired) electrons. The highest BCUT2D eigenvalue weighted by molar-refractivity contribution is 6.27. The van der Waals surface area contributed by atoms with Crippen molar-refractivity contribution < 1.29 is 24.5 Å². The van der Waals surface area contributed by atoms with Crippen molar-refractivity contribution in [1.29, 1.82) is 5.26 Å². The molecule has 134 valence electrons. The molecule has 1 aromatic carbocycles. The number of ether oxygens (including phenoxy) is 1. The highest BCUT2D eigenvalue weighted by atomic mass is 16.5. The highest BCUT2D eigenvalue weighted by Gasteiger charge is 2.17. The second-order valence-corrected chi connectivity index (χ2v) is 5.55. The van der Waals surface area contributed by atoms with Crippen molar-refractivity contribution >= 4 is 11.9 Å². The van der Waals surface area contributed by atoms with Crippen LogP contribution in [-0.2, 0) is 9.59 Å². The zero-order valence-corrected chi connectivity index (χ0v) is 14.0. The minimum absolute atomic E-state index is 0.661. The van der Waals surface area contributed by atoms with Crippen molar-refractivity contribution in [2.75, 3.05) is 19.7 Å². The lowest BCUT2D eigenvalue weighted by atomic mass is 10.2. The molecule has 0 atom stereocenters. The predicted molar refractivity (Wildman–Crippen MR) is 93.4 cm³/mol. The monoisotopic (exact) mass is 354 g/mol. The minimum Gasteiger partial charge on any atom is -0.494 e. The molecular weight excluding hydrogens is 336 g/mol. The molecule has 0 bridgehead atoms. The van der Waals surface area contributed by atoms with Gasteiger partial charge in [0.15, 0.2) is 0 Å². The van der Waals surface area contributed by atoms with E-state index in [0.29, 0.717) is 12.2 Å². The Balaban J connectivity index is 0.000000352. The molecule has 1 aromatic rings. The Morgan fingerprint density at radius 1 is 1.19 bits per heavy atom. The molecule has 0 saturated heterocycles. The number of aliphatic carboxylic acids is 2. The molecule has 0 amide bonds. The Morgan fingerprint density at radius 3 is 2.46 bits per heavy atom. The number of fused-ring (bicyclic) bond motifs is 1. The van der Waals surface area contributed by atoms with Crippen molar-refractivity contribution in [3.05, 3.63) is 65.4 Å². The van der Waals surface area contributed by atoms with Crippen LogP contribution in [0.2, 0.25) is 0 Å². The van der Waals surface area contributed by atoms with Crippen molar-refractivity contribution in [2.45, 2.75) is 6.42 Å². The van der Waals surface area contributed by atoms with Gasteiger partial charge in [-0.1, -0.05) is 18.2 Å². The maximum Gasteiger partial charge on any atom is 0.414 e. The molecule has 2 N–H and O–H groups in total. The molecule has 1 aliphatic heterocycles. The normalized spacial score (nSPS) is 13.7. The van der Waals surface area contributed by atoms with Crippen LogP contribution in [0.4, 0.5) is 0 Å². The molecule has 26 heavy (non-hydrogen) atoms. The van der Waals surface area contributed by atoms with Crippen LogP contribution >= 0.6 is 0 Å². The molecule has 0 saturated carbocycles. The standard InChI is InChI=1S/C17H16N2O.C2H2O4/c18-11-14-5-7-17(8-6-14)20-10-2-9-19-12-15-3-1-4-16(15)13-19;3-1(4)2(5)6/h1,3-8,12H,2,9-10,13H2;(H,3,4)(H,5,6). The van der Waals surface area contributed by atoms with Crippen molar-refractivity contribution in [3.8, 4) is 11.8 Å². The van der Waals surface area contributed by atoms with Crippen LogP contribution in [0, 0.1) is 11.3 Å². The van der Waals surface area contributed by atoms with Crippen molar-refractivity contribution in [1.82, 2.24) is 4.90 Å². The fraction of sp³-hybridized carbons (Fsp3) is 0.211. The molecule has 7 nitrogen and oxygen atoms in total. The summed E-state index contributed by atoms with van der Waals surface area (Å²) in [4.78, 5) is 20.5. The van der Waals surface area contributed by atoms with Crippen LogP contribution in [0.15, 0.2) is 59.8 Å². The lowest BCUT2D eigenvalue weighted by Crippen LogP contribution is -2.18. The number of hydrogen-bond acceptors (Lipinski definition) is 5. The predicted octanol–water partition coefficient (Wildman–Crippen LogP) is 2.18. The first-order valence-corrected chi connectivity index (χ1v) is 7.92. The van der Waals surface area contributed by atoms with Gasteiger partial charge >= 0.3 is 11.9 Å². The van der Waals surface area contributed by atoms with Crippen LogP contribution in [0.25, 0.3) is 0 Å². The summed E-state index contributed by atoms with van der Waals surface area (Å²) < 4.78 is 5.67. The number of allylic oxidation sites excluding steroid dienone is 3. The highest BCUT2D eigenvalue weighted by Crippen LogP contribution is 2.26. The molecule has 1 heterocycles. The average Bonchev–Trinajstić information content (AvgIpc) is 3.21. The lowest BCUT2D eigenvalue weighted by Gasteiger charge is -2.15. The van der Waals surface area contributed by atoms with Gasteiger partial charge in [-0.2, -0.15) is 5.26 Å². The lowest BCUT2D eigenvalue weighted by molar-refractivity contribution is -0.159. The number of carbonyl (C=O) groups is 2. The van der Waals surface area contributed by atoms with E-state index in [0.717, 1.165) is 25.3 Å². The number of benzene rings is 1. The summed E-state index contributed by atoms with van der Waals surface area (Å²) in [5, 5.41) is 23.5. The summed E-state index contributed by atoms with van der Waals surface area (Å²) in [7, 11) is 0. The SMILES string of the molecule is N#Cc1ccc(OCCCN2C=C3C=CC=C3C2)cc1.O=C(O)C(=O)O. The van der Waals surface area contributed by atoms with E-state index in [9.17, 15) is 0 Å². The molecule has 2 aliphatic rings. The van der Waals surface area contributed by atoms with Gasteiger partial charge in [-0.25, -0.2) is 9.59 Å². The smallest absolute Gasteiger partial charge is 0.414 e. The van der Waals surface area contributed by atoms with Crippen LogP contribution in [0.3, 0.4) is 0 Å². The minimum atomic E-state index is -1.82. The molecule has 1 aliphatic carbocycles. The summed E-state index contributed by atoms with van der Waals surface area (Å²) in [6.07, 6.45) is 9.64. The maximum atomic E-state index is 9.10. The summed E-state index contributed by atoms with van der Waals surface area (Å²) in [6.45, 7) is 2.71. The fourth-order valence-corrected chi connectivity index (χ4v) is 2.43. The topological polar surface area (TPSA) is 111 Å². The van der Waals surface area contributed by atoms with Crippen molar-refractivity contribution in [2.24, 2.45) is 0 Å². The largest absolute Gasteiger partial charge is 0.494 e. The average molecular weight is 354 g/mol. The Morgan fingerprint density at radius 2 is 1.88 bits per heavy atom. The van der Waals surface area contributed by atoms with Gasteiger partial charge in [-0.05, 0) is 41.8 Å². The summed E-state index contributed by atoms with van der Waals surface area (Å²) in [6, 6.07) is 9.34. The number of nitriles is 1. The fourth-order valence-electron chi connectivity index (χ4n) is 2.43. The van der Waals surface area contributed by atoms with Gasteiger partial charge in [0.1, 0.15) is 5.75 Å². The summed E-state index contributed by atoms with van der Waals surface area (Å²) in [5.74, 6) is -2.82. The van der Waals surface area contributed by atoms with Gasteiger partial charge in [-0.3, -0.25) is 0 Å². The van der Waals surface area contributed by atoms with E-state index < -0.39 is 11.9 Å². The van der Waals surface area contributed by atoms with Crippen LogP contribution in [0.1, 0.15) is 12.0 Å². The molecule has 0 aromatic heterocycles. The Kier molecular flexibility index (Phi) is 6.57. The van der Waals surface area contributed by atoms with E-state index >= 15 is 0 Å². The van der Waals surface area contributed by atoms with Crippen LogP contribution in [-0.4, -0.2) is 46.7 Å². The van der Waals surface area contributed by atoms with E-state index in [1.54, 1.807) is 12.1 Å². The van der Waals surface area contributed by atoms with Gasteiger partial charge in [0, 0.05) is 19.3 Å². The van der Waals surface area contributed by atoms with Gasteiger partial charge < -0.3 is 19.8 Å². The van der Waals surface area contributed by atoms with E-state index in [1.165, 1.54) is 11.1 Å².